The van der Waals surface area contributed by atoms with Crippen LogP contribution in [-0.2, 0) is 4.74 Å². The second-order valence-electron chi connectivity index (χ2n) is 5.52. The van der Waals surface area contributed by atoms with Gasteiger partial charge in [-0.3, -0.25) is 0 Å². The average molecular weight is 264 g/mol. The molecule has 19 heavy (non-hydrogen) atoms. The fraction of sp³-hybridized carbons (Fsp3) is 0.714. The summed E-state index contributed by atoms with van der Waals surface area (Å²) in [7, 11) is 1.77. The fourth-order valence-corrected chi connectivity index (χ4v) is 2.43. The molecule has 0 aliphatic carbocycles. The third kappa shape index (κ3) is 2.97. The molecule has 0 amide bonds. The number of hydrogen-bond donors (Lipinski definition) is 1. The van der Waals surface area contributed by atoms with Crippen LogP contribution < -0.4 is 10.6 Å². The van der Waals surface area contributed by atoms with Gasteiger partial charge in [0.2, 0.25) is 0 Å². The van der Waals surface area contributed by atoms with Gasteiger partial charge in [-0.15, -0.1) is 0 Å². The predicted octanol–water partition coefficient (Wildman–Crippen LogP) is 2.11. The van der Waals surface area contributed by atoms with Gasteiger partial charge in [0.15, 0.2) is 0 Å². The molecular formula is C14H24N4O. The maximum absolute atomic E-state index is 6.02. The van der Waals surface area contributed by atoms with Crippen LogP contribution in [-0.4, -0.2) is 36.3 Å². The van der Waals surface area contributed by atoms with Crippen LogP contribution in [0.3, 0.4) is 0 Å². The molecule has 1 aliphatic heterocycles. The summed E-state index contributed by atoms with van der Waals surface area (Å²) in [4.78, 5) is 11.4. The van der Waals surface area contributed by atoms with E-state index in [0.29, 0.717) is 5.82 Å². The molecule has 5 heteroatoms. The largest absolute Gasteiger partial charge is 0.383 e. The third-order valence-corrected chi connectivity index (χ3v) is 3.70. The molecule has 106 valence electrons. The summed E-state index contributed by atoms with van der Waals surface area (Å²) >= 11 is 0. The van der Waals surface area contributed by atoms with Crippen molar-refractivity contribution in [3.05, 3.63) is 11.4 Å². The van der Waals surface area contributed by atoms with E-state index in [9.17, 15) is 0 Å². The minimum absolute atomic E-state index is 0.282. The molecular weight excluding hydrogens is 240 g/mol. The van der Waals surface area contributed by atoms with E-state index in [1.807, 2.05) is 6.92 Å². The zero-order valence-corrected chi connectivity index (χ0v) is 12.3. The minimum Gasteiger partial charge on any atom is -0.383 e. The van der Waals surface area contributed by atoms with Crippen LogP contribution in [0, 0.1) is 6.92 Å². The molecule has 1 atom stereocenters. The van der Waals surface area contributed by atoms with E-state index >= 15 is 0 Å². The van der Waals surface area contributed by atoms with Crippen molar-refractivity contribution in [2.45, 2.75) is 45.6 Å². The number of nitrogen functional groups attached to an aromatic ring is 1. The molecule has 1 aromatic rings. The van der Waals surface area contributed by atoms with E-state index in [2.05, 4.69) is 23.7 Å². The number of anilines is 2. The maximum atomic E-state index is 6.02. The summed E-state index contributed by atoms with van der Waals surface area (Å²) in [5.41, 5.74) is 7.00. The summed E-state index contributed by atoms with van der Waals surface area (Å²) < 4.78 is 5.47. The summed E-state index contributed by atoms with van der Waals surface area (Å²) in [6.07, 6.45) is 2.52. The first-order valence-electron chi connectivity index (χ1n) is 6.94. The average Bonchev–Trinajstić information content (AvgIpc) is 2.41. The van der Waals surface area contributed by atoms with Crippen LogP contribution >= 0.6 is 0 Å². The Kier molecular flexibility index (Phi) is 4.24. The highest BCUT2D eigenvalue weighted by molar-refractivity contribution is 5.57. The van der Waals surface area contributed by atoms with Gasteiger partial charge in [-0.2, -0.15) is 0 Å². The Labute approximate surface area is 115 Å². The quantitative estimate of drug-likeness (QED) is 0.905. The standard InChI is InChI=1S/C14H24N4O/c1-9(2)13-16-12(15)10(3)14(17-13)18-7-5-6-11(8-18)19-4/h9,11H,5-8H2,1-4H3,(H2,15,16,17). The third-order valence-electron chi connectivity index (χ3n) is 3.70. The summed E-state index contributed by atoms with van der Waals surface area (Å²) in [6, 6.07) is 0. The van der Waals surface area contributed by atoms with Crippen LogP contribution in [0.25, 0.3) is 0 Å². The molecule has 0 saturated carbocycles. The Balaban J connectivity index is 2.32. The number of ether oxygens (including phenoxy) is 1. The summed E-state index contributed by atoms with van der Waals surface area (Å²) in [5.74, 6) is 2.66. The summed E-state index contributed by atoms with van der Waals surface area (Å²) in [5, 5.41) is 0. The predicted molar refractivity (Wildman–Crippen MR) is 77.5 cm³/mol. The van der Waals surface area contributed by atoms with Crippen molar-refractivity contribution in [3.8, 4) is 0 Å². The van der Waals surface area contributed by atoms with Crippen molar-refractivity contribution in [1.82, 2.24) is 9.97 Å². The lowest BCUT2D eigenvalue weighted by molar-refractivity contribution is 0.0891. The van der Waals surface area contributed by atoms with Gasteiger partial charge in [-0.25, -0.2) is 9.97 Å². The topological polar surface area (TPSA) is 64.3 Å². The molecule has 0 radical (unpaired) electrons. The number of nitrogens with zero attached hydrogens (tertiary/aromatic N) is 3. The number of piperidine rings is 1. The van der Waals surface area contributed by atoms with Crippen LogP contribution in [0.2, 0.25) is 0 Å². The Morgan fingerprint density at radius 3 is 2.74 bits per heavy atom. The molecule has 1 aromatic heterocycles. The van der Waals surface area contributed by atoms with Gasteiger partial charge in [-0.1, -0.05) is 13.8 Å². The van der Waals surface area contributed by atoms with E-state index < -0.39 is 0 Å². The number of methoxy groups -OCH3 is 1. The van der Waals surface area contributed by atoms with Gasteiger partial charge < -0.3 is 15.4 Å². The lowest BCUT2D eigenvalue weighted by atomic mass is 10.1. The van der Waals surface area contributed by atoms with Crippen molar-refractivity contribution >= 4 is 11.6 Å². The van der Waals surface area contributed by atoms with Crippen molar-refractivity contribution in [2.24, 2.45) is 0 Å². The molecule has 2 rings (SSSR count). The molecule has 0 aromatic carbocycles. The number of hydrogen-bond acceptors (Lipinski definition) is 5. The number of nitrogens with two attached hydrogens (primary N) is 1. The van der Waals surface area contributed by atoms with Gasteiger partial charge in [0.1, 0.15) is 17.5 Å². The molecule has 1 fully saturated rings. The van der Waals surface area contributed by atoms with Crippen molar-refractivity contribution < 1.29 is 4.74 Å². The summed E-state index contributed by atoms with van der Waals surface area (Å²) in [6.45, 7) is 8.05. The van der Waals surface area contributed by atoms with Gasteiger partial charge in [0, 0.05) is 31.7 Å². The monoisotopic (exact) mass is 264 g/mol. The van der Waals surface area contributed by atoms with Crippen LogP contribution in [0.1, 0.15) is 44.0 Å². The molecule has 5 nitrogen and oxygen atoms in total. The van der Waals surface area contributed by atoms with Crippen LogP contribution in [0.15, 0.2) is 0 Å². The van der Waals surface area contributed by atoms with Gasteiger partial charge in [-0.05, 0) is 19.8 Å². The SMILES string of the molecule is COC1CCCN(c2nc(C(C)C)nc(N)c2C)C1. The van der Waals surface area contributed by atoms with E-state index in [1.54, 1.807) is 7.11 Å². The second-order valence-corrected chi connectivity index (χ2v) is 5.52. The fourth-order valence-electron chi connectivity index (χ4n) is 2.43. The molecule has 0 bridgehead atoms. The normalized spacial score (nSPS) is 20.1. The first-order chi connectivity index (χ1) is 9.02. The Hall–Kier alpha value is -1.36. The van der Waals surface area contributed by atoms with E-state index in [4.69, 9.17) is 15.5 Å². The first kappa shape index (κ1) is 14.1. The first-order valence-corrected chi connectivity index (χ1v) is 6.94. The van der Waals surface area contributed by atoms with Crippen LogP contribution in [0.4, 0.5) is 11.6 Å². The zero-order chi connectivity index (χ0) is 14.0. The highest BCUT2D eigenvalue weighted by Crippen LogP contribution is 2.27. The zero-order valence-electron chi connectivity index (χ0n) is 12.3. The molecule has 2 heterocycles. The van der Waals surface area contributed by atoms with Crippen molar-refractivity contribution in [2.75, 3.05) is 30.8 Å². The van der Waals surface area contributed by atoms with E-state index in [0.717, 1.165) is 43.1 Å². The van der Waals surface area contributed by atoms with Crippen molar-refractivity contribution in [1.29, 1.82) is 0 Å². The minimum atomic E-state index is 0.282. The smallest absolute Gasteiger partial charge is 0.137 e. The number of rotatable bonds is 3. The molecule has 1 saturated heterocycles. The number of aromatic nitrogens is 2. The molecule has 1 aliphatic rings. The van der Waals surface area contributed by atoms with Gasteiger partial charge >= 0.3 is 0 Å². The highest BCUT2D eigenvalue weighted by atomic mass is 16.5. The Bertz CT molecular complexity index is 447. The second kappa shape index (κ2) is 5.74. The van der Waals surface area contributed by atoms with E-state index in [1.165, 1.54) is 0 Å². The van der Waals surface area contributed by atoms with Crippen LogP contribution in [0.5, 0.6) is 0 Å². The lowest BCUT2D eigenvalue weighted by Crippen LogP contribution is -2.40. The van der Waals surface area contributed by atoms with Gasteiger partial charge in [0.05, 0.1) is 6.10 Å². The van der Waals surface area contributed by atoms with E-state index in [-0.39, 0.29) is 12.0 Å². The Morgan fingerprint density at radius 1 is 1.37 bits per heavy atom. The molecule has 0 spiro atoms. The highest BCUT2D eigenvalue weighted by Gasteiger charge is 2.23. The molecule has 2 N–H and O–H groups in total. The van der Waals surface area contributed by atoms with Gasteiger partial charge in [0.25, 0.3) is 0 Å². The maximum Gasteiger partial charge on any atom is 0.137 e. The Morgan fingerprint density at radius 2 is 2.11 bits per heavy atom. The lowest BCUT2D eigenvalue weighted by Gasteiger charge is -2.34. The van der Waals surface area contributed by atoms with Crippen molar-refractivity contribution in [3.63, 3.8) is 0 Å². The molecule has 1 unspecified atom stereocenters.